The number of ketones is 1. The maximum absolute atomic E-state index is 14.3. The Labute approximate surface area is 186 Å². The zero-order valence-electron chi connectivity index (χ0n) is 18.6. The number of hydrogen-bond acceptors (Lipinski definition) is 6. The normalized spacial score (nSPS) is 17.8. The predicted molar refractivity (Wildman–Crippen MR) is 118 cm³/mol. The van der Waals surface area contributed by atoms with Crippen LogP contribution in [-0.4, -0.2) is 68.0 Å². The fourth-order valence-electron chi connectivity index (χ4n) is 3.80. The van der Waals surface area contributed by atoms with Crippen LogP contribution in [0.25, 0.3) is 5.76 Å². The van der Waals surface area contributed by atoms with Gasteiger partial charge < -0.3 is 24.4 Å². The highest BCUT2D eigenvalue weighted by Gasteiger charge is 2.46. The van der Waals surface area contributed by atoms with Crippen LogP contribution in [0, 0.1) is 5.82 Å². The second-order valence-corrected chi connectivity index (χ2v) is 7.78. The van der Waals surface area contributed by atoms with E-state index in [2.05, 4.69) is 0 Å². The highest BCUT2D eigenvalue weighted by Crippen LogP contribution is 2.40. The molecule has 3 rings (SSSR count). The smallest absolute Gasteiger partial charge is 0.295 e. The molecule has 0 spiro atoms. The fraction of sp³-hybridized carbons (Fsp3) is 0.333. The molecule has 0 bridgehead atoms. The first kappa shape index (κ1) is 23.3. The van der Waals surface area contributed by atoms with Crippen LogP contribution in [0.3, 0.4) is 0 Å². The molecule has 0 radical (unpaired) electrons. The van der Waals surface area contributed by atoms with Gasteiger partial charge in [-0.2, -0.15) is 0 Å². The van der Waals surface area contributed by atoms with Gasteiger partial charge in [0.25, 0.3) is 11.7 Å². The third kappa shape index (κ3) is 4.60. The number of methoxy groups -OCH3 is 2. The number of nitrogens with zero attached hydrogens (tertiary/aromatic N) is 2. The van der Waals surface area contributed by atoms with Crippen molar-refractivity contribution in [1.82, 2.24) is 9.80 Å². The summed E-state index contributed by atoms with van der Waals surface area (Å²) >= 11 is 0. The number of rotatable bonds is 8. The van der Waals surface area contributed by atoms with E-state index in [1.165, 1.54) is 31.3 Å². The number of Topliss-reactive ketones (excluding diaryl/α,β-unsaturated/α-hetero) is 1. The highest BCUT2D eigenvalue weighted by atomic mass is 19.1. The van der Waals surface area contributed by atoms with E-state index < -0.39 is 29.3 Å². The second kappa shape index (κ2) is 9.82. The molecule has 170 valence electrons. The second-order valence-electron chi connectivity index (χ2n) is 7.78. The standard InChI is InChI=1S/C24H27FN2O5/c1-26(2)11-6-12-27-21(15-7-5-8-17(13-15)31-3)20(23(29)24(27)30)22(28)16-9-10-19(32-4)18(25)14-16/h5,7-10,13-14,21,28H,6,11-12H2,1-4H3. The summed E-state index contributed by atoms with van der Waals surface area (Å²) in [5.74, 6) is -2.07. The van der Waals surface area contributed by atoms with E-state index in [0.717, 1.165) is 12.6 Å². The molecule has 8 heteroatoms. The maximum atomic E-state index is 14.3. The lowest BCUT2D eigenvalue weighted by molar-refractivity contribution is -0.139. The Morgan fingerprint density at radius 2 is 1.88 bits per heavy atom. The molecule has 32 heavy (non-hydrogen) atoms. The molecule has 7 nitrogen and oxygen atoms in total. The minimum atomic E-state index is -0.822. The van der Waals surface area contributed by atoms with Crippen LogP contribution in [0.5, 0.6) is 11.5 Å². The summed E-state index contributed by atoms with van der Waals surface area (Å²) in [4.78, 5) is 29.4. The summed E-state index contributed by atoms with van der Waals surface area (Å²) < 4.78 is 24.5. The van der Waals surface area contributed by atoms with Crippen molar-refractivity contribution in [2.45, 2.75) is 12.5 Å². The van der Waals surface area contributed by atoms with Crippen LogP contribution in [0.15, 0.2) is 48.0 Å². The van der Waals surface area contributed by atoms with Gasteiger partial charge in [-0.15, -0.1) is 0 Å². The Bertz CT molecular complexity index is 1050. The topological polar surface area (TPSA) is 79.3 Å². The van der Waals surface area contributed by atoms with Crippen LogP contribution < -0.4 is 9.47 Å². The van der Waals surface area contributed by atoms with Gasteiger partial charge in [0.05, 0.1) is 25.8 Å². The fourth-order valence-corrected chi connectivity index (χ4v) is 3.80. The number of benzene rings is 2. The van der Waals surface area contributed by atoms with Crippen molar-refractivity contribution < 1.29 is 28.6 Å². The van der Waals surface area contributed by atoms with E-state index in [1.807, 2.05) is 19.0 Å². The first-order valence-electron chi connectivity index (χ1n) is 10.2. The van der Waals surface area contributed by atoms with Gasteiger partial charge in [0.15, 0.2) is 11.6 Å². The van der Waals surface area contributed by atoms with Crippen molar-refractivity contribution >= 4 is 17.4 Å². The molecule has 0 aliphatic carbocycles. The van der Waals surface area contributed by atoms with E-state index in [1.54, 1.807) is 24.3 Å². The molecule has 1 saturated heterocycles. The van der Waals surface area contributed by atoms with Crippen molar-refractivity contribution in [3.05, 3.63) is 65.0 Å². The Morgan fingerprint density at radius 3 is 2.50 bits per heavy atom. The van der Waals surface area contributed by atoms with Crippen molar-refractivity contribution in [1.29, 1.82) is 0 Å². The molecule has 1 fully saturated rings. The maximum Gasteiger partial charge on any atom is 0.295 e. The zero-order valence-corrected chi connectivity index (χ0v) is 18.6. The molecule has 1 aliphatic rings. The van der Waals surface area contributed by atoms with Gasteiger partial charge in [-0.1, -0.05) is 12.1 Å². The Hall–Kier alpha value is -3.39. The van der Waals surface area contributed by atoms with Gasteiger partial charge in [-0.05, 0) is 63.0 Å². The Kier molecular flexibility index (Phi) is 7.15. The Balaban J connectivity index is 2.12. The number of amides is 1. The van der Waals surface area contributed by atoms with E-state index in [9.17, 15) is 19.1 Å². The predicted octanol–water partition coefficient (Wildman–Crippen LogP) is 3.22. The SMILES string of the molecule is COc1cccc(C2C(=C(O)c3ccc(OC)c(F)c3)C(=O)C(=O)N2CCCN(C)C)c1. The third-order valence-electron chi connectivity index (χ3n) is 5.38. The van der Waals surface area contributed by atoms with Gasteiger partial charge in [0.2, 0.25) is 0 Å². The quantitative estimate of drug-likeness (QED) is 0.384. The third-order valence-corrected chi connectivity index (χ3v) is 5.38. The van der Waals surface area contributed by atoms with Crippen LogP contribution in [0.4, 0.5) is 4.39 Å². The zero-order chi connectivity index (χ0) is 23.4. The van der Waals surface area contributed by atoms with Crippen molar-refractivity contribution in [2.75, 3.05) is 41.4 Å². The number of carbonyl (C=O) groups excluding carboxylic acids is 2. The summed E-state index contributed by atoms with van der Waals surface area (Å²) in [6, 6.07) is 10.0. The van der Waals surface area contributed by atoms with Gasteiger partial charge in [-0.25, -0.2) is 4.39 Å². The molecule has 2 aromatic carbocycles. The van der Waals surface area contributed by atoms with Crippen molar-refractivity contribution in [3.8, 4) is 11.5 Å². The summed E-state index contributed by atoms with van der Waals surface area (Å²) in [6.07, 6.45) is 0.637. The monoisotopic (exact) mass is 442 g/mol. The van der Waals surface area contributed by atoms with Crippen LogP contribution in [0.2, 0.25) is 0 Å². The molecule has 2 aromatic rings. The van der Waals surface area contributed by atoms with E-state index in [4.69, 9.17) is 9.47 Å². The lowest BCUT2D eigenvalue weighted by Gasteiger charge is -2.26. The summed E-state index contributed by atoms with van der Waals surface area (Å²) in [6.45, 7) is 1.04. The van der Waals surface area contributed by atoms with Crippen LogP contribution >= 0.6 is 0 Å². The minimum absolute atomic E-state index is 0.00929. The van der Waals surface area contributed by atoms with Crippen LogP contribution in [0.1, 0.15) is 23.6 Å². The molecular weight excluding hydrogens is 415 g/mol. The summed E-state index contributed by atoms with van der Waals surface area (Å²) in [7, 11) is 6.70. The number of aliphatic hydroxyl groups is 1. The lowest BCUT2D eigenvalue weighted by Crippen LogP contribution is -2.32. The molecule has 1 heterocycles. The first-order valence-corrected chi connectivity index (χ1v) is 10.2. The molecule has 1 N–H and O–H groups in total. The number of carbonyl (C=O) groups is 2. The van der Waals surface area contributed by atoms with E-state index in [-0.39, 0.29) is 16.9 Å². The lowest BCUT2D eigenvalue weighted by atomic mass is 9.95. The first-order chi connectivity index (χ1) is 15.3. The average molecular weight is 442 g/mol. The molecule has 1 unspecified atom stereocenters. The number of aliphatic hydroxyl groups excluding tert-OH is 1. The molecular formula is C24H27FN2O5. The number of likely N-dealkylation sites (tertiary alicyclic amines) is 1. The minimum Gasteiger partial charge on any atom is -0.507 e. The summed E-state index contributed by atoms with van der Waals surface area (Å²) in [5, 5.41) is 11.0. The van der Waals surface area contributed by atoms with Gasteiger partial charge in [-0.3, -0.25) is 9.59 Å². The van der Waals surface area contributed by atoms with Crippen molar-refractivity contribution in [2.24, 2.45) is 0 Å². The summed E-state index contributed by atoms with van der Waals surface area (Å²) in [5.41, 5.74) is 0.615. The number of halogens is 1. The molecule has 1 atom stereocenters. The van der Waals surface area contributed by atoms with E-state index in [0.29, 0.717) is 24.3 Å². The molecule has 1 aliphatic heterocycles. The molecule has 1 amide bonds. The number of ether oxygens (including phenoxy) is 2. The van der Waals surface area contributed by atoms with Gasteiger partial charge >= 0.3 is 0 Å². The molecule has 0 saturated carbocycles. The highest BCUT2D eigenvalue weighted by molar-refractivity contribution is 6.46. The van der Waals surface area contributed by atoms with Gasteiger partial charge in [0.1, 0.15) is 11.5 Å². The van der Waals surface area contributed by atoms with Crippen molar-refractivity contribution in [3.63, 3.8) is 0 Å². The average Bonchev–Trinajstić information content (AvgIpc) is 3.03. The van der Waals surface area contributed by atoms with Crippen LogP contribution in [-0.2, 0) is 9.59 Å². The molecule has 0 aromatic heterocycles. The largest absolute Gasteiger partial charge is 0.507 e. The Morgan fingerprint density at radius 1 is 1.12 bits per heavy atom. The van der Waals surface area contributed by atoms with E-state index >= 15 is 0 Å². The van der Waals surface area contributed by atoms with Gasteiger partial charge in [0, 0.05) is 12.1 Å². The number of hydrogen-bond donors (Lipinski definition) is 1.